The van der Waals surface area contributed by atoms with Crippen LogP contribution in [0, 0.1) is 13.8 Å². The molecule has 2 rings (SSSR count). The molecule has 7 heteroatoms. The molecule has 0 aliphatic carbocycles. The van der Waals surface area contributed by atoms with Crippen molar-refractivity contribution in [2.45, 2.75) is 13.8 Å². The Morgan fingerprint density at radius 2 is 2.10 bits per heavy atom. The first kappa shape index (κ1) is 15.4. The van der Waals surface area contributed by atoms with E-state index in [1.165, 1.54) is 18.4 Å². The van der Waals surface area contributed by atoms with E-state index in [1.54, 1.807) is 12.3 Å². The van der Waals surface area contributed by atoms with E-state index in [1.807, 2.05) is 26.0 Å². The molecule has 2 N–H and O–H groups in total. The molecule has 0 aliphatic rings. The van der Waals surface area contributed by atoms with Gasteiger partial charge in [0.05, 0.1) is 12.7 Å². The van der Waals surface area contributed by atoms with Crippen molar-refractivity contribution in [2.75, 3.05) is 17.7 Å². The second-order valence-electron chi connectivity index (χ2n) is 4.27. The fourth-order valence-corrected chi connectivity index (χ4v) is 3.07. The summed E-state index contributed by atoms with van der Waals surface area (Å²) in [7, 11) is 1.36. The van der Waals surface area contributed by atoms with Gasteiger partial charge in [-0.2, -0.15) is 0 Å². The van der Waals surface area contributed by atoms with Gasteiger partial charge in [-0.1, -0.05) is 6.07 Å². The minimum atomic E-state index is -0.375. The first-order chi connectivity index (χ1) is 10.0. The molecule has 21 heavy (non-hydrogen) atoms. The normalized spacial score (nSPS) is 10.0. The van der Waals surface area contributed by atoms with Crippen molar-refractivity contribution in [2.24, 2.45) is 0 Å². The minimum Gasteiger partial charge on any atom is -0.465 e. The second-order valence-corrected chi connectivity index (χ2v) is 5.91. The molecule has 0 bridgehead atoms. The van der Waals surface area contributed by atoms with Crippen LogP contribution in [-0.4, -0.2) is 23.2 Å². The Kier molecular flexibility index (Phi) is 4.87. The first-order valence-electron chi connectivity index (χ1n) is 6.20. The Morgan fingerprint density at radius 1 is 1.33 bits per heavy atom. The Balaban J connectivity index is 2.18. The molecule has 0 atom stereocenters. The van der Waals surface area contributed by atoms with Crippen LogP contribution in [0.4, 0.5) is 10.8 Å². The number of pyridine rings is 1. The average Bonchev–Trinajstić information content (AvgIpc) is 2.74. The molecule has 2 aromatic rings. The van der Waals surface area contributed by atoms with E-state index in [0.29, 0.717) is 21.5 Å². The number of methoxy groups -OCH3 is 1. The summed E-state index contributed by atoms with van der Waals surface area (Å²) in [6, 6.07) is 5.49. The Labute approximate surface area is 132 Å². The molecule has 0 spiro atoms. The number of ether oxygens (including phenoxy) is 1. The van der Waals surface area contributed by atoms with Crippen LogP contribution in [0.3, 0.4) is 0 Å². The molecule has 5 nitrogen and oxygen atoms in total. The van der Waals surface area contributed by atoms with Crippen molar-refractivity contribution >= 4 is 45.5 Å². The number of hydrogen-bond acceptors (Lipinski definition) is 5. The number of aromatic nitrogens is 1. The number of thiophene rings is 1. The minimum absolute atomic E-state index is 0.375. The van der Waals surface area contributed by atoms with Gasteiger partial charge >= 0.3 is 5.97 Å². The van der Waals surface area contributed by atoms with Crippen LogP contribution in [0.1, 0.15) is 20.8 Å². The maximum absolute atomic E-state index is 11.9. The highest BCUT2D eigenvalue weighted by molar-refractivity contribution is 7.80. The lowest BCUT2D eigenvalue weighted by Crippen LogP contribution is -2.20. The highest BCUT2D eigenvalue weighted by Gasteiger charge is 2.20. The summed E-state index contributed by atoms with van der Waals surface area (Å²) in [4.78, 5) is 17.0. The number of carbonyl (C=O) groups is 1. The highest BCUT2D eigenvalue weighted by atomic mass is 32.1. The Bertz CT molecular complexity index is 668. The van der Waals surface area contributed by atoms with Gasteiger partial charge in [0.1, 0.15) is 10.8 Å². The van der Waals surface area contributed by atoms with Gasteiger partial charge < -0.3 is 15.4 Å². The zero-order valence-electron chi connectivity index (χ0n) is 11.9. The standard InChI is InChI=1S/C14H15N3O2S2/c1-8-9(2)21-12(11(8)13(18)19-3)17-14(20)16-10-6-4-5-7-15-10/h4-7H,1-3H3,(H2,15,16,17,20). The Hall–Kier alpha value is -1.99. The van der Waals surface area contributed by atoms with Crippen molar-refractivity contribution in [3.8, 4) is 0 Å². The van der Waals surface area contributed by atoms with E-state index in [9.17, 15) is 4.79 Å². The number of hydrogen-bond donors (Lipinski definition) is 2. The molecule has 0 saturated heterocycles. The fraction of sp³-hybridized carbons (Fsp3) is 0.214. The van der Waals surface area contributed by atoms with Gasteiger partial charge in [0.25, 0.3) is 0 Å². The zero-order valence-corrected chi connectivity index (χ0v) is 13.5. The third kappa shape index (κ3) is 3.56. The number of rotatable bonds is 3. The summed E-state index contributed by atoms with van der Waals surface area (Å²) in [6.45, 7) is 3.84. The maximum atomic E-state index is 11.9. The molecular formula is C14H15N3O2S2. The van der Waals surface area contributed by atoms with Crippen molar-refractivity contribution in [1.29, 1.82) is 0 Å². The predicted molar refractivity (Wildman–Crippen MR) is 89.2 cm³/mol. The van der Waals surface area contributed by atoms with Crippen LogP contribution < -0.4 is 10.6 Å². The van der Waals surface area contributed by atoms with Crippen LogP contribution in [0.5, 0.6) is 0 Å². The van der Waals surface area contributed by atoms with Gasteiger partial charge in [-0.3, -0.25) is 0 Å². The van der Waals surface area contributed by atoms with Crippen molar-refractivity contribution in [3.63, 3.8) is 0 Å². The topological polar surface area (TPSA) is 63.2 Å². The van der Waals surface area contributed by atoms with Crippen molar-refractivity contribution in [1.82, 2.24) is 4.98 Å². The quantitative estimate of drug-likeness (QED) is 0.668. The van der Waals surface area contributed by atoms with E-state index < -0.39 is 0 Å². The van der Waals surface area contributed by atoms with E-state index in [4.69, 9.17) is 17.0 Å². The van der Waals surface area contributed by atoms with Gasteiger partial charge in [-0.25, -0.2) is 9.78 Å². The van der Waals surface area contributed by atoms with Crippen LogP contribution in [0.2, 0.25) is 0 Å². The number of thiocarbonyl (C=S) groups is 1. The van der Waals surface area contributed by atoms with E-state index in [0.717, 1.165) is 10.4 Å². The fourth-order valence-electron chi connectivity index (χ4n) is 1.75. The maximum Gasteiger partial charge on any atom is 0.341 e. The number of nitrogens with one attached hydrogen (secondary N) is 2. The summed E-state index contributed by atoms with van der Waals surface area (Å²) >= 11 is 6.71. The zero-order chi connectivity index (χ0) is 15.4. The van der Waals surface area contributed by atoms with Crippen LogP contribution >= 0.6 is 23.6 Å². The number of nitrogens with zero attached hydrogens (tertiary/aromatic N) is 1. The molecule has 0 fully saturated rings. The number of carbonyl (C=O) groups excluding carboxylic acids is 1. The van der Waals surface area contributed by atoms with Gasteiger partial charge in [0, 0.05) is 11.1 Å². The summed E-state index contributed by atoms with van der Waals surface area (Å²) in [5.41, 5.74) is 1.42. The largest absolute Gasteiger partial charge is 0.465 e. The Morgan fingerprint density at radius 3 is 2.71 bits per heavy atom. The molecule has 0 saturated carbocycles. The number of esters is 1. The van der Waals surface area contributed by atoms with Crippen LogP contribution in [0.25, 0.3) is 0 Å². The lowest BCUT2D eigenvalue weighted by Gasteiger charge is -2.09. The van der Waals surface area contributed by atoms with Crippen molar-refractivity contribution < 1.29 is 9.53 Å². The van der Waals surface area contributed by atoms with E-state index in [2.05, 4.69) is 15.6 Å². The van der Waals surface area contributed by atoms with Crippen LogP contribution in [0.15, 0.2) is 24.4 Å². The van der Waals surface area contributed by atoms with Gasteiger partial charge in [0.15, 0.2) is 5.11 Å². The van der Waals surface area contributed by atoms with Gasteiger partial charge in [-0.05, 0) is 43.8 Å². The summed E-state index contributed by atoms with van der Waals surface area (Å²) in [6.07, 6.45) is 1.67. The third-order valence-corrected chi connectivity index (χ3v) is 4.24. The third-order valence-electron chi connectivity index (χ3n) is 2.91. The monoisotopic (exact) mass is 321 g/mol. The number of aryl methyl sites for hydroxylation is 1. The molecule has 0 amide bonds. The number of anilines is 2. The lowest BCUT2D eigenvalue weighted by atomic mass is 10.1. The summed E-state index contributed by atoms with van der Waals surface area (Å²) < 4.78 is 4.82. The van der Waals surface area contributed by atoms with Crippen molar-refractivity contribution in [3.05, 3.63) is 40.4 Å². The molecule has 2 aromatic heterocycles. The summed E-state index contributed by atoms with van der Waals surface area (Å²) in [5, 5.41) is 7.05. The molecule has 0 radical (unpaired) electrons. The molecule has 0 unspecified atom stereocenters. The molecular weight excluding hydrogens is 306 g/mol. The molecule has 0 aliphatic heterocycles. The predicted octanol–water partition coefficient (Wildman–Crippen LogP) is 3.36. The van der Waals surface area contributed by atoms with Gasteiger partial charge in [-0.15, -0.1) is 11.3 Å². The average molecular weight is 321 g/mol. The summed E-state index contributed by atoms with van der Waals surface area (Å²) in [5.74, 6) is 0.264. The van der Waals surface area contributed by atoms with Crippen LogP contribution in [-0.2, 0) is 4.74 Å². The smallest absolute Gasteiger partial charge is 0.341 e. The second kappa shape index (κ2) is 6.64. The highest BCUT2D eigenvalue weighted by Crippen LogP contribution is 2.32. The van der Waals surface area contributed by atoms with Gasteiger partial charge in [0.2, 0.25) is 0 Å². The lowest BCUT2D eigenvalue weighted by molar-refractivity contribution is 0.0601. The molecule has 110 valence electrons. The SMILES string of the molecule is COC(=O)c1c(NC(=S)Nc2ccccn2)sc(C)c1C. The first-order valence-corrected chi connectivity index (χ1v) is 7.42. The van der Waals surface area contributed by atoms with E-state index >= 15 is 0 Å². The van der Waals surface area contributed by atoms with E-state index in [-0.39, 0.29) is 5.97 Å². The molecule has 2 heterocycles. The molecule has 0 aromatic carbocycles.